The minimum absolute atomic E-state index is 0.0876. The Morgan fingerprint density at radius 1 is 1.32 bits per heavy atom. The zero-order valence-electron chi connectivity index (χ0n) is 16.6. The number of rotatable bonds is 5. The molecule has 0 fully saturated rings. The van der Waals surface area contributed by atoms with E-state index in [0.717, 1.165) is 17.8 Å². The van der Waals surface area contributed by atoms with Crippen molar-refractivity contribution in [1.82, 2.24) is 9.55 Å². The van der Waals surface area contributed by atoms with Crippen LogP contribution in [-0.4, -0.2) is 28.1 Å². The van der Waals surface area contributed by atoms with E-state index in [1.807, 2.05) is 6.07 Å². The second kappa shape index (κ2) is 8.20. The maximum atomic E-state index is 12.6. The number of aryl methyl sites for hydroxylation is 1. The van der Waals surface area contributed by atoms with Crippen LogP contribution >= 0.6 is 11.3 Å². The molecule has 10 heteroatoms. The number of anilines is 1. The third-order valence-electron chi connectivity index (χ3n) is 5.01. The largest absolute Gasteiger partial charge is 0.462 e. The average molecular weight is 438 g/mol. The Bertz CT molecular complexity index is 1320. The van der Waals surface area contributed by atoms with Gasteiger partial charge in [-0.15, -0.1) is 11.3 Å². The number of nitrogens with zero attached hydrogens (tertiary/aromatic N) is 3. The van der Waals surface area contributed by atoms with Crippen molar-refractivity contribution in [3.8, 4) is 6.07 Å². The van der Waals surface area contributed by atoms with Gasteiger partial charge < -0.3 is 15.2 Å². The topological polar surface area (TPSA) is 137 Å². The lowest BCUT2D eigenvalue weighted by Gasteiger charge is -2.08. The Morgan fingerprint density at radius 3 is 2.87 bits per heavy atom. The lowest BCUT2D eigenvalue weighted by molar-refractivity contribution is 0.0453. The van der Waals surface area contributed by atoms with Crippen LogP contribution in [0.15, 0.2) is 23.0 Å². The van der Waals surface area contributed by atoms with Crippen LogP contribution in [0.1, 0.15) is 50.3 Å². The number of benzene rings is 1. The van der Waals surface area contributed by atoms with E-state index in [2.05, 4.69) is 4.98 Å². The van der Waals surface area contributed by atoms with Crippen LogP contribution in [0.25, 0.3) is 10.9 Å². The lowest BCUT2D eigenvalue weighted by atomic mass is 10.1. The second-order valence-electron chi connectivity index (χ2n) is 6.88. The summed E-state index contributed by atoms with van der Waals surface area (Å²) in [5, 5.41) is 9.96. The molecule has 2 aromatic heterocycles. The van der Waals surface area contributed by atoms with Crippen LogP contribution in [0, 0.1) is 11.3 Å². The lowest BCUT2D eigenvalue weighted by Crippen LogP contribution is -2.21. The number of nitrogens with two attached hydrogens (primary N) is 1. The van der Waals surface area contributed by atoms with Gasteiger partial charge in [0.15, 0.2) is 0 Å². The smallest absolute Gasteiger partial charge is 0.348 e. The van der Waals surface area contributed by atoms with Gasteiger partial charge in [-0.3, -0.25) is 9.36 Å². The normalized spacial score (nSPS) is 12.4. The number of esters is 2. The summed E-state index contributed by atoms with van der Waals surface area (Å²) in [5.41, 5.74) is 6.65. The van der Waals surface area contributed by atoms with Crippen molar-refractivity contribution in [1.29, 1.82) is 5.26 Å². The Labute approximate surface area is 180 Å². The highest BCUT2D eigenvalue weighted by molar-refractivity contribution is 7.18. The van der Waals surface area contributed by atoms with E-state index in [9.17, 15) is 19.6 Å². The van der Waals surface area contributed by atoms with Gasteiger partial charge in [0.2, 0.25) is 0 Å². The van der Waals surface area contributed by atoms with Crippen molar-refractivity contribution >= 4 is 39.2 Å². The summed E-state index contributed by atoms with van der Waals surface area (Å²) in [4.78, 5) is 42.0. The number of carbonyl (C=O) groups is 2. The van der Waals surface area contributed by atoms with Crippen LogP contribution in [0.5, 0.6) is 0 Å². The molecule has 0 amide bonds. The first kappa shape index (κ1) is 20.6. The van der Waals surface area contributed by atoms with Gasteiger partial charge in [-0.1, -0.05) is 0 Å². The fourth-order valence-electron chi connectivity index (χ4n) is 3.54. The number of nitriles is 1. The molecule has 158 valence electrons. The van der Waals surface area contributed by atoms with E-state index < -0.39 is 11.9 Å². The average Bonchev–Trinajstić information content (AvgIpc) is 3.35. The van der Waals surface area contributed by atoms with Crippen molar-refractivity contribution < 1.29 is 19.1 Å². The third kappa shape index (κ3) is 3.64. The highest BCUT2D eigenvalue weighted by atomic mass is 32.1. The molecule has 2 N–H and O–H groups in total. The molecule has 31 heavy (non-hydrogen) atoms. The standard InChI is InChI=1S/C21H18N4O5S/c1-2-29-21(28)17-14(13(9-22)18(23)31-17)10-30-20(27)11-5-6-12-15(8-11)24-16-4-3-7-25(16)19(12)26/h5-6,8H,2-4,7,10,23H2,1H3. The molecule has 0 unspecified atom stereocenters. The molecule has 0 spiro atoms. The molecule has 0 aliphatic carbocycles. The van der Waals surface area contributed by atoms with Crippen LogP contribution in [0.4, 0.5) is 5.00 Å². The summed E-state index contributed by atoms with van der Waals surface area (Å²) >= 11 is 0.918. The summed E-state index contributed by atoms with van der Waals surface area (Å²) < 4.78 is 12.0. The second-order valence-corrected chi connectivity index (χ2v) is 7.93. The summed E-state index contributed by atoms with van der Waals surface area (Å²) in [7, 11) is 0. The number of ether oxygens (including phenoxy) is 2. The van der Waals surface area contributed by atoms with Gasteiger partial charge in [-0.2, -0.15) is 5.26 Å². The molecule has 1 aliphatic rings. The highest BCUT2D eigenvalue weighted by Gasteiger charge is 2.24. The van der Waals surface area contributed by atoms with Gasteiger partial charge in [0, 0.05) is 18.5 Å². The van der Waals surface area contributed by atoms with E-state index in [0.29, 0.717) is 29.7 Å². The zero-order valence-corrected chi connectivity index (χ0v) is 17.5. The predicted octanol–water partition coefficient (Wildman–Crippen LogP) is 2.39. The summed E-state index contributed by atoms with van der Waals surface area (Å²) in [5.74, 6) is -0.599. The van der Waals surface area contributed by atoms with Crippen LogP contribution in [0.3, 0.4) is 0 Å². The number of nitrogen functional groups attached to an aromatic ring is 1. The van der Waals surface area contributed by atoms with E-state index >= 15 is 0 Å². The summed E-state index contributed by atoms with van der Waals surface area (Å²) in [6, 6.07) is 6.50. The number of fused-ring (bicyclic) bond motifs is 2. The first-order valence-corrected chi connectivity index (χ1v) is 10.4. The fraction of sp³-hybridized carbons (Fsp3) is 0.286. The monoisotopic (exact) mass is 438 g/mol. The van der Waals surface area contributed by atoms with Gasteiger partial charge in [0.05, 0.1) is 28.6 Å². The zero-order chi connectivity index (χ0) is 22.1. The van der Waals surface area contributed by atoms with Gasteiger partial charge in [0.1, 0.15) is 28.4 Å². The predicted molar refractivity (Wildman–Crippen MR) is 113 cm³/mol. The maximum Gasteiger partial charge on any atom is 0.348 e. The Morgan fingerprint density at radius 2 is 2.13 bits per heavy atom. The van der Waals surface area contributed by atoms with E-state index in [-0.39, 0.29) is 45.3 Å². The van der Waals surface area contributed by atoms with Gasteiger partial charge in [-0.25, -0.2) is 14.6 Å². The molecule has 0 atom stereocenters. The molecule has 0 saturated heterocycles. The fourth-order valence-corrected chi connectivity index (χ4v) is 4.46. The van der Waals surface area contributed by atoms with Gasteiger partial charge in [-0.05, 0) is 31.5 Å². The van der Waals surface area contributed by atoms with Crippen molar-refractivity contribution in [3.05, 3.63) is 55.9 Å². The van der Waals surface area contributed by atoms with Crippen molar-refractivity contribution in [2.75, 3.05) is 12.3 Å². The Balaban J connectivity index is 1.61. The minimum Gasteiger partial charge on any atom is -0.462 e. The van der Waals surface area contributed by atoms with E-state index in [4.69, 9.17) is 15.2 Å². The number of aromatic nitrogens is 2. The Hall–Kier alpha value is -3.71. The van der Waals surface area contributed by atoms with Crippen molar-refractivity contribution in [2.24, 2.45) is 0 Å². The molecule has 1 aliphatic heterocycles. The van der Waals surface area contributed by atoms with Gasteiger partial charge >= 0.3 is 11.9 Å². The number of thiophene rings is 1. The number of hydrogen-bond donors (Lipinski definition) is 1. The molecule has 3 aromatic rings. The molecule has 0 bridgehead atoms. The molecule has 9 nitrogen and oxygen atoms in total. The number of hydrogen-bond acceptors (Lipinski definition) is 9. The quantitative estimate of drug-likeness (QED) is 0.600. The molecule has 3 heterocycles. The van der Waals surface area contributed by atoms with Crippen molar-refractivity contribution in [2.45, 2.75) is 32.9 Å². The minimum atomic E-state index is -0.673. The number of carbonyl (C=O) groups excluding carboxylic acids is 2. The Kier molecular flexibility index (Phi) is 5.44. The van der Waals surface area contributed by atoms with Crippen LogP contribution in [-0.2, 0) is 29.0 Å². The molecular formula is C21H18N4O5S. The van der Waals surface area contributed by atoms with Crippen molar-refractivity contribution in [3.63, 3.8) is 0 Å². The third-order valence-corrected chi connectivity index (χ3v) is 6.05. The molecule has 0 saturated carbocycles. The summed E-state index contributed by atoms with van der Waals surface area (Å²) in [6.45, 7) is 2.15. The van der Waals surface area contributed by atoms with Crippen LogP contribution < -0.4 is 11.3 Å². The van der Waals surface area contributed by atoms with Crippen LogP contribution in [0.2, 0.25) is 0 Å². The highest BCUT2D eigenvalue weighted by Crippen LogP contribution is 2.32. The molecule has 1 aromatic carbocycles. The van der Waals surface area contributed by atoms with Gasteiger partial charge in [0.25, 0.3) is 5.56 Å². The SMILES string of the molecule is CCOC(=O)c1sc(N)c(C#N)c1COC(=O)c1ccc2c(=O)n3c(nc2c1)CCC3. The molecule has 4 rings (SSSR count). The van der Waals surface area contributed by atoms with E-state index in [1.165, 1.54) is 12.1 Å². The maximum absolute atomic E-state index is 12.6. The molecule has 0 radical (unpaired) electrons. The summed E-state index contributed by atoms with van der Waals surface area (Å²) in [6.07, 6.45) is 1.58. The first-order valence-electron chi connectivity index (χ1n) is 9.63. The molecular weight excluding hydrogens is 420 g/mol. The first-order chi connectivity index (χ1) is 14.9. The van der Waals surface area contributed by atoms with E-state index in [1.54, 1.807) is 17.6 Å².